The molecule has 0 radical (unpaired) electrons. The van der Waals surface area contributed by atoms with Gasteiger partial charge in [0.25, 0.3) is 0 Å². The van der Waals surface area contributed by atoms with Gasteiger partial charge in [-0.3, -0.25) is 14.5 Å². The van der Waals surface area contributed by atoms with E-state index in [0.29, 0.717) is 38.8 Å². The first-order chi connectivity index (χ1) is 26.4. The first kappa shape index (κ1) is 51.2. The second-order valence-electron chi connectivity index (χ2n) is 16.3. The fraction of sp³-hybridized carbons (Fsp3) is 0.696. The number of carbonyl (C=O) groups is 2. The maximum Gasteiger partial charge on any atom is 0.309 e. The molecule has 0 spiro atoms. The molecular formula is C46H78N2O8. The minimum Gasteiger partial charge on any atom is -0.456 e. The van der Waals surface area contributed by atoms with Crippen LogP contribution in [0.5, 0.6) is 0 Å². The molecule has 0 aromatic rings. The number of aliphatic hydroxyl groups is 5. The highest BCUT2D eigenvalue weighted by atomic mass is 16.6. The van der Waals surface area contributed by atoms with Crippen LogP contribution in [0.15, 0.2) is 72.9 Å². The van der Waals surface area contributed by atoms with Crippen molar-refractivity contribution in [3.8, 4) is 0 Å². The van der Waals surface area contributed by atoms with Crippen LogP contribution in [-0.4, -0.2) is 102 Å². The lowest BCUT2D eigenvalue weighted by molar-refractivity contribution is -0.272. The van der Waals surface area contributed by atoms with E-state index in [1.807, 2.05) is 26.8 Å². The smallest absolute Gasteiger partial charge is 0.309 e. The number of nitrogens with one attached hydrogen (secondary N) is 1. The normalized spacial score (nSPS) is 30.6. The molecular weight excluding hydrogens is 709 g/mol. The quantitative estimate of drug-likeness (QED) is 0.0449. The van der Waals surface area contributed by atoms with Crippen molar-refractivity contribution in [2.75, 3.05) is 13.1 Å². The van der Waals surface area contributed by atoms with Gasteiger partial charge in [0.2, 0.25) is 5.91 Å². The van der Waals surface area contributed by atoms with E-state index >= 15 is 0 Å². The molecule has 1 heterocycles. The van der Waals surface area contributed by atoms with Gasteiger partial charge in [0, 0.05) is 37.5 Å². The molecule has 1 aliphatic rings. The SMILES string of the molecule is CCC=CCC=CCC=CCC=CCC=CCC=CCCC(=O)NCCCN1C(C)CC[C@@H](O)[C@H](O)C[C@H](O)CC(=O)O[C@](C)(CC)[C@@](C)(O)[C@](C)(O)C1(C)C. The summed E-state index contributed by atoms with van der Waals surface area (Å²) in [5.41, 5.74) is -6.44. The summed E-state index contributed by atoms with van der Waals surface area (Å²) >= 11 is 0. The zero-order valence-electron chi connectivity index (χ0n) is 36.0. The lowest BCUT2D eigenvalue weighted by Gasteiger charge is -2.59. The fourth-order valence-corrected chi connectivity index (χ4v) is 7.14. The molecule has 320 valence electrons. The van der Waals surface area contributed by atoms with E-state index in [1.165, 1.54) is 13.8 Å². The highest BCUT2D eigenvalue weighted by molar-refractivity contribution is 5.75. The molecule has 0 aromatic heterocycles. The molecule has 1 aliphatic heterocycles. The van der Waals surface area contributed by atoms with Crippen molar-refractivity contribution in [1.82, 2.24) is 10.2 Å². The van der Waals surface area contributed by atoms with Gasteiger partial charge >= 0.3 is 5.97 Å². The lowest BCUT2D eigenvalue weighted by atomic mass is 9.63. The van der Waals surface area contributed by atoms with Gasteiger partial charge in [0.05, 0.1) is 24.7 Å². The van der Waals surface area contributed by atoms with Crippen LogP contribution < -0.4 is 5.32 Å². The predicted octanol–water partition coefficient (Wildman–Crippen LogP) is 7.31. The van der Waals surface area contributed by atoms with Crippen molar-refractivity contribution < 1.29 is 39.9 Å². The Morgan fingerprint density at radius 3 is 1.77 bits per heavy atom. The number of amides is 1. The average molecular weight is 787 g/mol. The standard InChI is InChI=1S/C46H78N2O8/c1-9-11-12-13-14-15-16-17-18-19-20-21-22-23-24-25-26-27-28-30-41(52)47-33-29-34-48-37(3)31-32-39(50)40(51)35-38(49)36-42(53)56-44(6,10-2)46(8,55)45(7,54)43(48,4)5/h11-12,14-15,17-18,20-21,23-24,26-27,37-40,49-51,54-55H,9-10,13,16,19,22,25,28-36H2,1-8H3,(H,47,52)/t37?,38-,39+,40+,44+,45+,46+/m0/s1. The van der Waals surface area contributed by atoms with Gasteiger partial charge < -0.3 is 35.6 Å². The zero-order chi connectivity index (χ0) is 42.3. The van der Waals surface area contributed by atoms with Gasteiger partial charge in [0.1, 0.15) is 16.8 Å². The third-order valence-corrected chi connectivity index (χ3v) is 11.7. The second kappa shape index (κ2) is 26.2. The number of hydrogen-bond donors (Lipinski definition) is 6. The fourth-order valence-electron chi connectivity index (χ4n) is 7.14. The summed E-state index contributed by atoms with van der Waals surface area (Å²) in [6, 6.07) is -0.233. The molecule has 10 nitrogen and oxygen atoms in total. The molecule has 0 aliphatic carbocycles. The number of carbonyl (C=O) groups excluding carboxylic acids is 2. The molecule has 6 N–H and O–H groups in total. The van der Waals surface area contributed by atoms with Crippen LogP contribution in [0.2, 0.25) is 0 Å². The Kier molecular flexibility index (Phi) is 23.9. The summed E-state index contributed by atoms with van der Waals surface area (Å²) in [7, 11) is 0. The molecule has 7 atom stereocenters. The van der Waals surface area contributed by atoms with Crippen LogP contribution in [0, 0.1) is 0 Å². The van der Waals surface area contributed by atoms with E-state index in [4.69, 9.17) is 4.74 Å². The van der Waals surface area contributed by atoms with Crippen molar-refractivity contribution in [3.63, 3.8) is 0 Å². The van der Waals surface area contributed by atoms with Crippen LogP contribution in [0.25, 0.3) is 0 Å². The second-order valence-corrected chi connectivity index (χ2v) is 16.3. The van der Waals surface area contributed by atoms with Crippen molar-refractivity contribution in [3.05, 3.63) is 72.9 Å². The van der Waals surface area contributed by atoms with Crippen LogP contribution >= 0.6 is 0 Å². The number of rotatable bonds is 19. The van der Waals surface area contributed by atoms with Crippen LogP contribution in [0.3, 0.4) is 0 Å². The first-order valence-corrected chi connectivity index (χ1v) is 21.0. The largest absolute Gasteiger partial charge is 0.456 e. The molecule has 1 fully saturated rings. The summed E-state index contributed by atoms with van der Waals surface area (Å²) in [5, 5.41) is 59.2. The van der Waals surface area contributed by atoms with Gasteiger partial charge in [0.15, 0.2) is 0 Å². The number of cyclic esters (lactones) is 1. The first-order valence-electron chi connectivity index (χ1n) is 21.0. The van der Waals surface area contributed by atoms with E-state index < -0.39 is 53.0 Å². The predicted molar refractivity (Wildman–Crippen MR) is 228 cm³/mol. The van der Waals surface area contributed by atoms with Gasteiger partial charge in [-0.05, 0) is 112 Å². The van der Waals surface area contributed by atoms with Gasteiger partial charge in [-0.15, -0.1) is 0 Å². The number of allylic oxidation sites excluding steroid dienone is 12. The molecule has 1 amide bonds. The maximum atomic E-state index is 12.9. The van der Waals surface area contributed by atoms with Crippen LogP contribution in [0.1, 0.15) is 145 Å². The molecule has 0 aromatic carbocycles. The number of hydrogen-bond acceptors (Lipinski definition) is 9. The van der Waals surface area contributed by atoms with Crippen molar-refractivity contribution in [2.45, 2.75) is 192 Å². The molecule has 0 bridgehead atoms. The Bertz CT molecular complexity index is 1310. The van der Waals surface area contributed by atoms with Crippen molar-refractivity contribution in [1.29, 1.82) is 0 Å². The average Bonchev–Trinajstić information content (AvgIpc) is 3.13. The minimum absolute atomic E-state index is 0.0522. The lowest BCUT2D eigenvalue weighted by Crippen LogP contribution is -2.76. The van der Waals surface area contributed by atoms with E-state index in [9.17, 15) is 35.1 Å². The molecule has 1 saturated heterocycles. The molecule has 1 unspecified atom stereocenters. The van der Waals surface area contributed by atoms with Gasteiger partial charge in [-0.1, -0.05) is 86.8 Å². The Balaban J connectivity index is 2.72. The summed E-state index contributed by atoms with van der Waals surface area (Å²) in [6.07, 6.45) is 29.6. The number of ether oxygens (including phenoxy) is 1. The van der Waals surface area contributed by atoms with Crippen LogP contribution in [-0.2, 0) is 14.3 Å². The van der Waals surface area contributed by atoms with Crippen molar-refractivity contribution >= 4 is 11.9 Å². The zero-order valence-corrected chi connectivity index (χ0v) is 36.0. The summed E-state index contributed by atoms with van der Waals surface area (Å²) in [5.74, 6) is -0.835. The van der Waals surface area contributed by atoms with E-state index in [2.05, 4.69) is 84.0 Å². The number of esters is 1. The Hall–Kier alpha value is -2.86. The number of nitrogens with zero attached hydrogens (tertiary/aromatic N) is 1. The maximum absolute atomic E-state index is 12.9. The van der Waals surface area contributed by atoms with E-state index in [-0.39, 0.29) is 31.2 Å². The van der Waals surface area contributed by atoms with Gasteiger partial charge in [-0.2, -0.15) is 0 Å². The monoisotopic (exact) mass is 787 g/mol. The Labute approximate surface area is 339 Å². The summed E-state index contributed by atoms with van der Waals surface area (Å²) in [6.45, 7) is 14.9. The Morgan fingerprint density at radius 1 is 0.768 bits per heavy atom. The highest BCUT2D eigenvalue weighted by Crippen LogP contribution is 2.46. The third-order valence-electron chi connectivity index (χ3n) is 11.7. The molecule has 1 rings (SSSR count). The van der Waals surface area contributed by atoms with E-state index in [1.54, 1.807) is 13.8 Å². The van der Waals surface area contributed by atoms with E-state index in [0.717, 1.165) is 38.5 Å². The molecule has 56 heavy (non-hydrogen) atoms. The third kappa shape index (κ3) is 16.9. The number of aliphatic hydroxyl groups excluding tert-OH is 3. The van der Waals surface area contributed by atoms with Crippen molar-refractivity contribution in [2.24, 2.45) is 0 Å². The van der Waals surface area contributed by atoms with Crippen LogP contribution in [0.4, 0.5) is 0 Å². The summed E-state index contributed by atoms with van der Waals surface area (Å²) in [4.78, 5) is 27.6. The molecule has 0 saturated carbocycles. The minimum atomic E-state index is -1.95. The summed E-state index contributed by atoms with van der Waals surface area (Å²) < 4.78 is 5.79. The molecule has 10 heteroatoms. The highest BCUT2D eigenvalue weighted by Gasteiger charge is 2.63. The van der Waals surface area contributed by atoms with Gasteiger partial charge in [-0.25, -0.2) is 0 Å². The Morgan fingerprint density at radius 2 is 1.27 bits per heavy atom. The topological polar surface area (TPSA) is 160 Å².